The van der Waals surface area contributed by atoms with E-state index in [-0.39, 0.29) is 11.7 Å². The van der Waals surface area contributed by atoms with Crippen LogP contribution < -0.4 is 5.73 Å². The molecule has 0 spiro atoms. The summed E-state index contributed by atoms with van der Waals surface area (Å²) in [6.07, 6.45) is 2.51. The zero-order valence-corrected chi connectivity index (χ0v) is 11.3. The minimum absolute atomic E-state index is 0.0850. The number of amides is 1. The lowest BCUT2D eigenvalue weighted by atomic mass is 9.90. The molecule has 0 atom stereocenters. The van der Waals surface area contributed by atoms with E-state index in [1.165, 1.54) is 12.8 Å². The van der Waals surface area contributed by atoms with Gasteiger partial charge in [0.15, 0.2) is 5.84 Å². The van der Waals surface area contributed by atoms with Crippen LogP contribution in [0.15, 0.2) is 5.16 Å². The predicted octanol–water partition coefficient (Wildman–Crippen LogP) is 0.644. The number of amidine groups is 1. The molecule has 3 N–H and O–H groups in total. The number of carbonyl (C=O) groups excluding carboxylic acids is 1. The molecule has 1 amide bonds. The van der Waals surface area contributed by atoms with Gasteiger partial charge in [-0.2, -0.15) is 0 Å². The van der Waals surface area contributed by atoms with Gasteiger partial charge in [-0.3, -0.25) is 4.79 Å². The fourth-order valence-electron chi connectivity index (χ4n) is 1.55. The van der Waals surface area contributed by atoms with Crippen molar-refractivity contribution in [1.82, 2.24) is 4.90 Å². The summed E-state index contributed by atoms with van der Waals surface area (Å²) in [5.41, 5.74) is 4.51. The number of rotatable bonds is 7. The van der Waals surface area contributed by atoms with Gasteiger partial charge in [-0.15, -0.1) is 0 Å². The van der Waals surface area contributed by atoms with E-state index in [4.69, 9.17) is 15.7 Å². The van der Waals surface area contributed by atoms with E-state index in [0.29, 0.717) is 13.2 Å². The van der Waals surface area contributed by atoms with Crippen LogP contribution in [0.1, 0.15) is 26.7 Å². The van der Waals surface area contributed by atoms with Crippen molar-refractivity contribution in [1.29, 1.82) is 0 Å². The molecule has 1 aliphatic rings. The quantitative estimate of drug-likeness (QED) is 0.230. The van der Waals surface area contributed by atoms with Crippen molar-refractivity contribution >= 4 is 11.7 Å². The number of carbonyl (C=O) groups is 1. The summed E-state index contributed by atoms with van der Waals surface area (Å²) in [5, 5.41) is 11.6. The number of likely N-dealkylation sites (N-methyl/N-ethyl adjacent to an activating group) is 1. The highest BCUT2D eigenvalue weighted by Crippen LogP contribution is 2.28. The van der Waals surface area contributed by atoms with Crippen LogP contribution in [0.3, 0.4) is 0 Å². The Kier molecular flexibility index (Phi) is 4.95. The standard InChI is InChI=1S/C12H23N3O3/c1-12(2,10(13)14-17)11(16)15(3)6-7-18-8-9-4-5-9/h9,17H,4-8H2,1-3H3,(H2,13,14). The van der Waals surface area contributed by atoms with E-state index in [1.54, 1.807) is 25.8 Å². The lowest BCUT2D eigenvalue weighted by Crippen LogP contribution is -2.47. The maximum Gasteiger partial charge on any atom is 0.235 e. The molecule has 18 heavy (non-hydrogen) atoms. The topological polar surface area (TPSA) is 88.2 Å². The van der Waals surface area contributed by atoms with Gasteiger partial charge in [0.05, 0.1) is 6.61 Å². The third kappa shape index (κ3) is 3.87. The van der Waals surface area contributed by atoms with E-state index in [0.717, 1.165) is 12.5 Å². The van der Waals surface area contributed by atoms with Crippen LogP contribution in [0.5, 0.6) is 0 Å². The zero-order valence-electron chi connectivity index (χ0n) is 11.3. The Morgan fingerprint density at radius 1 is 1.56 bits per heavy atom. The van der Waals surface area contributed by atoms with Crippen molar-refractivity contribution in [2.24, 2.45) is 22.2 Å². The van der Waals surface area contributed by atoms with E-state index >= 15 is 0 Å². The van der Waals surface area contributed by atoms with Crippen LogP contribution in [-0.4, -0.2) is 48.7 Å². The first-order valence-corrected chi connectivity index (χ1v) is 6.21. The second kappa shape index (κ2) is 6.04. The molecule has 0 heterocycles. The molecular formula is C12H23N3O3. The SMILES string of the molecule is CN(CCOCC1CC1)C(=O)C(C)(C)C(N)=NO. The fourth-order valence-corrected chi connectivity index (χ4v) is 1.55. The Bertz CT molecular complexity index is 325. The summed E-state index contributed by atoms with van der Waals surface area (Å²) in [6, 6.07) is 0. The Labute approximate surface area is 108 Å². The fraction of sp³-hybridized carbons (Fsp3) is 0.833. The molecule has 0 unspecified atom stereocenters. The lowest BCUT2D eigenvalue weighted by Gasteiger charge is -2.28. The predicted molar refractivity (Wildman–Crippen MR) is 68.4 cm³/mol. The van der Waals surface area contributed by atoms with E-state index in [9.17, 15) is 4.79 Å². The van der Waals surface area contributed by atoms with Crippen molar-refractivity contribution in [3.8, 4) is 0 Å². The Hall–Kier alpha value is -1.30. The Morgan fingerprint density at radius 3 is 2.67 bits per heavy atom. The third-order valence-corrected chi connectivity index (χ3v) is 3.25. The molecule has 0 radical (unpaired) electrons. The molecule has 1 rings (SSSR count). The normalized spacial score (nSPS) is 16.7. The first kappa shape index (κ1) is 14.8. The van der Waals surface area contributed by atoms with Crippen molar-refractivity contribution in [2.75, 3.05) is 26.8 Å². The molecule has 1 aliphatic carbocycles. The van der Waals surface area contributed by atoms with Gasteiger partial charge in [0.2, 0.25) is 5.91 Å². The summed E-state index contributed by atoms with van der Waals surface area (Å²) in [5.74, 6) is 0.450. The van der Waals surface area contributed by atoms with Crippen LogP contribution in [0, 0.1) is 11.3 Å². The highest BCUT2D eigenvalue weighted by Gasteiger charge is 2.35. The van der Waals surface area contributed by atoms with Crippen LogP contribution >= 0.6 is 0 Å². The maximum absolute atomic E-state index is 12.1. The van der Waals surface area contributed by atoms with Gasteiger partial charge < -0.3 is 20.6 Å². The Morgan fingerprint density at radius 2 is 2.17 bits per heavy atom. The number of nitrogens with zero attached hydrogens (tertiary/aromatic N) is 2. The molecule has 104 valence electrons. The third-order valence-electron chi connectivity index (χ3n) is 3.25. The zero-order chi connectivity index (χ0) is 13.8. The van der Waals surface area contributed by atoms with Crippen LogP contribution in [0.2, 0.25) is 0 Å². The molecule has 0 bridgehead atoms. The summed E-state index contributed by atoms with van der Waals surface area (Å²) < 4.78 is 5.47. The number of oxime groups is 1. The number of hydrogen-bond acceptors (Lipinski definition) is 4. The van der Waals surface area contributed by atoms with Crippen LogP contribution in [0.25, 0.3) is 0 Å². The molecule has 1 saturated carbocycles. The number of ether oxygens (including phenoxy) is 1. The maximum atomic E-state index is 12.1. The molecule has 6 nitrogen and oxygen atoms in total. The number of nitrogens with two attached hydrogens (primary N) is 1. The summed E-state index contributed by atoms with van der Waals surface area (Å²) in [7, 11) is 1.69. The van der Waals surface area contributed by atoms with Gasteiger partial charge in [0, 0.05) is 20.2 Å². The second-order valence-electron chi connectivity index (χ2n) is 5.36. The molecular weight excluding hydrogens is 234 g/mol. The molecule has 6 heteroatoms. The lowest BCUT2D eigenvalue weighted by molar-refractivity contribution is -0.136. The molecule has 0 aliphatic heterocycles. The van der Waals surface area contributed by atoms with Gasteiger partial charge in [-0.1, -0.05) is 5.16 Å². The number of hydrogen-bond donors (Lipinski definition) is 2. The van der Waals surface area contributed by atoms with Gasteiger partial charge in [0.1, 0.15) is 5.41 Å². The molecule has 1 fully saturated rings. The van der Waals surface area contributed by atoms with Crippen molar-refractivity contribution < 1.29 is 14.7 Å². The van der Waals surface area contributed by atoms with E-state index < -0.39 is 5.41 Å². The van der Waals surface area contributed by atoms with Gasteiger partial charge in [-0.05, 0) is 32.6 Å². The summed E-state index contributed by atoms with van der Waals surface area (Å²) in [4.78, 5) is 13.7. The van der Waals surface area contributed by atoms with Crippen LogP contribution in [-0.2, 0) is 9.53 Å². The average molecular weight is 257 g/mol. The van der Waals surface area contributed by atoms with E-state index in [2.05, 4.69) is 5.16 Å². The average Bonchev–Trinajstić information content (AvgIpc) is 3.16. The second-order valence-corrected chi connectivity index (χ2v) is 5.36. The molecule has 0 aromatic rings. The smallest absolute Gasteiger partial charge is 0.235 e. The highest BCUT2D eigenvalue weighted by atomic mass is 16.5. The minimum atomic E-state index is -1.00. The molecule has 0 saturated heterocycles. The van der Waals surface area contributed by atoms with Crippen LogP contribution in [0.4, 0.5) is 0 Å². The van der Waals surface area contributed by atoms with Gasteiger partial charge in [-0.25, -0.2) is 0 Å². The molecule has 0 aromatic heterocycles. The monoisotopic (exact) mass is 257 g/mol. The minimum Gasteiger partial charge on any atom is -0.409 e. The first-order chi connectivity index (χ1) is 8.39. The largest absolute Gasteiger partial charge is 0.409 e. The summed E-state index contributed by atoms with van der Waals surface area (Å²) >= 11 is 0. The van der Waals surface area contributed by atoms with E-state index in [1.807, 2.05) is 0 Å². The van der Waals surface area contributed by atoms with Gasteiger partial charge >= 0.3 is 0 Å². The Balaban J connectivity index is 2.34. The van der Waals surface area contributed by atoms with Crippen molar-refractivity contribution in [3.05, 3.63) is 0 Å². The van der Waals surface area contributed by atoms with Gasteiger partial charge in [0.25, 0.3) is 0 Å². The highest BCUT2D eigenvalue weighted by molar-refractivity contribution is 6.05. The summed E-state index contributed by atoms with van der Waals surface area (Å²) in [6.45, 7) is 5.07. The van der Waals surface area contributed by atoms with Crippen molar-refractivity contribution in [3.63, 3.8) is 0 Å². The van der Waals surface area contributed by atoms with Crippen molar-refractivity contribution in [2.45, 2.75) is 26.7 Å². The molecule has 0 aromatic carbocycles. The first-order valence-electron chi connectivity index (χ1n) is 6.21.